The molecule has 256 valence electrons. The van der Waals surface area contributed by atoms with Crippen molar-refractivity contribution in [2.24, 2.45) is 5.73 Å². The minimum absolute atomic E-state index is 0.00881. The number of carbonyl (C=O) groups is 1. The zero-order valence-corrected chi connectivity index (χ0v) is 26.9. The van der Waals surface area contributed by atoms with Crippen molar-refractivity contribution in [3.8, 4) is 28.9 Å². The van der Waals surface area contributed by atoms with Crippen molar-refractivity contribution in [3.05, 3.63) is 41.5 Å². The van der Waals surface area contributed by atoms with Crippen LogP contribution in [0.5, 0.6) is 17.6 Å². The van der Waals surface area contributed by atoms with E-state index in [4.69, 9.17) is 15.2 Å². The van der Waals surface area contributed by atoms with E-state index in [0.717, 1.165) is 13.0 Å². The van der Waals surface area contributed by atoms with Crippen LogP contribution in [0.3, 0.4) is 0 Å². The number of rotatable bonds is 8. The number of aliphatic hydroxyl groups excluding tert-OH is 1. The Kier molecular flexibility index (Phi) is 9.74. The second kappa shape index (κ2) is 14.0. The summed E-state index contributed by atoms with van der Waals surface area (Å²) in [5.41, 5.74) is 5.54. The second-order valence-corrected chi connectivity index (χ2v) is 12.3. The first-order valence-electron chi connectivity index (χ1n) is 16.2. The summed E-state index contributed by atoms with van der Waals surface area (Å²) in [6.45, 7) is 3.60. The van der Waals surface area contributed by atoms with Crippen molar-refractivity contribution in [2.45, 2.75) is 63.7 Å². The van der Waals surface area contributed by atoms with Gasteiger partial charge in [0.15, 0.2) is 5.82 Å². The van der Waals surface area contributed by atoms with Crippen LogP contribution < -0.4 is 20.1 Å². The maximum absolute atomic E-state index is 16.4. The minimum atomic E-state index is -0.854. The fourth-order valence-corrected chi connectivity index (χ4v) is 7.09. The third-order valence-electron chi connectivity index (χ3n) is 9.30. The number of nitrogens with two attached hydrogens (primary N) is 1. The number of halogens is 3. The molecule has 4 N–H and O–H groups in total. The zero-order chi connectivity index (χ0) is 34.1. The lowest BCUT2D eigenvalue weighted by Gasteiger charge is -2.30. The third kappa shape index (κ3) is 6.38. The van der Waals surface area contributed by atoms with Crippen molar-refractivity contribution in [2.75, 3.05) is 44.9 Å². The van der Waals surface area contributed by atoms with Gasteiger partial charge in [-0.2, -0.15) is 9.97 Å². The average Bonchev–Trinajstić information content (AvgIpc) is 3.61. The Balaban J connectivity index is 0.000000381. The van der Waals surface area contributed by atoms with Gasteiger partial charge in [-0.1, -0.05) is 13.0 Å². The van der Waals surface area contributed by atoms with Crippen molar-refractivity contribution < 1.29 is 37.7 Å². The number of aliphatic hydroxyl groups is 1. The van der Waals surface area contributed by atoms with E-state index in [9.17, 15) is 23.8 Å². The molecule has 2 aromatic carbocycles. The van der Waals surface area contributed by atoms with E-state index in [0.29, 0.717) is 35.3 Å². The number of aromatic nitrogens is 3. The number of pyridine rings is 1. The van der Waals surface area contributed by atoms with Crippen LogP contribution >= 0.6 is 0 Å². The predicted molar refractivity (Wildman–Crippen MR) is 174 cm³/mol. The Labute approximate surface area is 275 Å². The molecule has 0 bridgehead atoms. The summed E-state index contributed by atoms with van der Waals surface area (Å²) in [6.07, 6.45) is 3.36. The lowest BCUT2D eigenvalue weighted by molar-refractivity contribution is -0.117. The zero-order valence-electron chi connectivity index (χ0n) is 26.9. The Hall–Kier alpha value is -4.43. The SMILES string of the molecule is CCc1c(F)ccc2cc(O)cc(-c3nc4c5c(nc(OC)nc5c3F)N(CCC(N)=O)[C@@H](CCO)CO4)c12.FC1CC2CCCN2C1. The highest BCUT2D eigenvalue weighted by Crippen LogP contribution is 2.43. The molecule has 0 saturated carbocycles. The molecule has 1 amide bonds. The maximum atomic E-state index is 16.4. The number of benzene rings is 2. The molecular weight excluding hydrogens is 629 g/mol. The first-order chi connectivity index (χ1) is 23.1. The van der Waals surface area contributed by atoms with Gasteiger partial charge < -0.3 is 30.3 Å². The summed E-state index contributed by atoms with van der Waals surface area (Å²) in [4.78, 5) is 28.8. The number of aryl methyl sites for hydroxylation is 1. The molecule has 0 spiro atoms. The molecule has 0 aliphatic carbocycles. The van der Waals surface area contributed by atoms with Crippen molar-refractivity contribution in [3.63, 3.8) is 0 Å². The van der Waals surface area contributed by atoms with Crippen molar-refractivity contribution in [1.82, 2.24) is 19.9 Å². The quantitative estimate of drug-likeness (QED) is 0.247. The van der Waals surface area contributed by atoms with Gasteiger partial charge >= 0.3 is 6.01 Å². The number of fused-ring (bicyclic) bond motifs is 2. The van der Waals surface area contributed by atoms with Crippen LogP contribution in [-0.4, -0.2) is 94.2 Å². The first kappa shape index (κ1) is 33.5. The fourth-order valence-electron chi connectivity index (χ4n) is 7.09. The Bertz CT molecular complexity index is 1830. The molecule has 11 nitrogen and oxygen atoms in total. The molecule has 4 aromatic rings. The summed E-state index contributed by atoms with van der Waals surface area (Å²) in [7, 11) is 1.33. The van der Waals surface area contributed by atoms with Crippen LogP contribution in [-0.2, 0) is 11.2 Å². The first-order valence-corrected chi connectivity index (χ1v) is 16.2. The van der Waals surface area contributed by atoms with Gasteiger partial charge in [-0.25, -0.2) is 18.2 Å². The van der Waals surface area contributed by atoms with E-state index in [2.05, 4.69) is 19.9 Å². The molecular formula is C34H39F3N6O5. The highest BCUT2D eigenvalue weighted by atomic mass is 19.1. The van der Waals surface area contributed by atoms with Crippen LogP contribution in [0.15, 0.2) is 24.3 Å². The monoisotopic (exact) mass is 668 g/mol. The number of ether oxygens (including phenoxy) is 2. The number of hydrogen-bond donors (Lipinski definition) is 3. The minimum Gasteiger partial charge on any atom is -0.508 e. The van der Waals surface area contributed by atoms with E-state index in [1.54, 1.807) is 11.8 Å². The van der Waals surface area contributed by atoms with Gasteiger partial charge in [-0.3, -0.25) is 9.69 Å². The fraction of sp³-hybridized carbons (Fsp3) is 0.471. The number of phenols is 1. The summed E-state index contributed by atoms with van der Waals surface area (Å²) >= 11 is 0. The van der Waals surface area contributed by atoms with Gasteiger partial charge in [-0.05, 0) is 73.2 Å². The summed E-state index contributed by atoms with van der Waals surface area (Å²) < 4.78 is 55.2. The molecule has 3 aliphatic heterocycles. The van der Waals surface area contributed by atoms with Crippen LogP contribution in [0.4, 0.5) is 19.0 Å². The number of aromatic hydroxyl groups is 1. The molecule has 7 rings (SSSR count). The maximum Gasteiger partial charge on any atom is 0.318 e. The molecule has 2 aromatic heterocycles. The highest BCUT2D eigenvalue weighted by Gasteiger charge is 2.35. The molecule has 3 atom stereocenters. The van der Waals surface area contributed by atoms with Gasteiger partial charge in [0.1, 0.15) is 46.8 Å². The van der Waals surface area contributed by atoms with Crippen molar-refractivity contribution in [1.29, 1.82) is 0 Å². The largest absolute Gasteiger partial charge is 0.508 e. The highest BCUT2D eigenvalue weighted by molar-refractivity contribution is 6.03. The number of phenolic OH excluding ortho intramolecular Hbond substituents is 1. The Morgan fingerprint density at radius 1 is 1.19 bits per heavy atom. The second-order valence-electron chi connectivity index (χ2n) is 12.3. The van der Waals surface area contributed by atoms with Gasteiger partial charge in [0, 0.05) is 37.7 Å². The standard InChI is InChI=1S/C27H27F2N5O5.C7H12FN/c1-3-16-18(28)5-4-13-10-15(36)11-17(20(13)16)23-22(29)24-21-25(33-27(32-24)38-2)34(8-6-19(30)37)14(7-9-35)12-39-26(21)31-23;8-6-4-7-2-1-3-9(7)5-6/h4-5,10-11,14,35-36H,3,6-9,12H2,1-2H3,(H2,30,37);6-7H,1-5H2/t14-;/m0./s1. The van der Waals surface area contributed by atoms with Gasteiger partial charge in [-0.15, -0.1) is 0 Å². The Morgan fingerprint density at radius 2 is 2.00 bits per heavy atom. The molecule has 2 fully saturated rings. The summed E-state index contributed by atoms with van der Waals surface area (Å²) in [6, 6.07) is 5.62. The molecule has 14 heteroatoms. The van der Waals surface area contributed by atoms with E-state index < -0.39 is 29.8 Å². The van der Waals surface area contributed by atoms with Gasteiger partial charge in [0.25, 0.3) is 0 Å². The van der Waals surface area contributed by atoms with Crippen LogP contribution in [0.1, 0.15) is 44.6 Å². The average molecular weight is 669 g/mol. The number of amides is 1. The summed E-state index contributed by atoms with van der Waals surface area (Å²) in [5.74, 6) is -1.79. The normalized spacial score (nSPS) is 20.3. The summed E-state index contributed by atoms with van der Waals surface area (Å²) in [5, 5.41) is 21.2. The van der Waals surface area contributed by atoms with Crippen molar-refractivity contribution >= 4 is 33.4 Å². The van der Waals surface area contributed by atoms with E-state index in [-0.39, 0.29) is 78.2 Å². The molecule has 5 heterocycles. The number of anilines is 1. The number of primary amides is 1. The predicted octanol–water partition coefficient (Wildman–Crippen LogP) is 4.42. The number of methoxy groups -OCH3 is 1. The molecule has 3 aliphatic rings. The Morgan fingerprint density at radius 3 is 2.71 bits per heavy atom. The third-order valence-corrected chi connectivity index (χ3v) is 9.30. The molecule has 0 radical (unpaired) electrons. The van der Waals surface area contributed by atoms with E-state index >= 15 is 4.39 Å². The van der Waals surface area contributed by atoms with Crippen LogP contribution in [0.2, 0.25) is 0 Å². The number of carbonyl (C=O) groups excluding carboxylic acids is 1. The molecule has 48 heavy (non-hydrogen) atoms. The molecule has 2 unspecified atom stereocenters. The molecule has 2 saturated heterocycles. The number of nitrogens with zero attached hydrogens (tertiary/aromatic N) is 5. The van der Waals surface area contributed by atoms with E-state index in [1.807, 2.05) is 0 Å². The smallest absolute Gasteiger partial charge is 0.318 e. The van der Waals surface area contributed by atoms with Gasteiger partial charge in [0.2, 0.25) is 11.8 Å². The van der Waals surface area contributed by atoms with E-state index in [1.165, 1.54) is 44.2 Å². The van der Waals surface area contributed by atoms with Gasteiger partial charge in [0.05, 0.1) is 13.2 Å². The topological polar surface area (TPSA) is 147 Å². The van der Waals surface area contributed by atoms with Crippen LogP contribution in [0.25, 0.3) is 32.9 Å². The number of hydrogen-bond acceptors (Lipinski definition) is 10. The lowest BCUT2D eigenvalue weighted by atomic mass is 9.94. The van der Waals surface area contributed by atoms with Crippen LogP contribution in [0, 0.1) is 11.6 Å². The lowest BCUT2D eigenvalue weighted by Crippen LogP contribution is -2.41. The number of alkyl halides is 1.